The molecule has 1 amide bonds. The van der Waals surface area contributed by atoms with Crippen LogP contribution in [-0.4, -0.2) is 10.9 Å². The third kappa shape index (κ3) is 2.00. The number of halogens is 1. The maximum absolute atomic E-state index is 11.5. The molecular formula is C15H13ClN2O. The van der Waals surface area contributed by atoms with Crippen LogP contribution < -0.4 is 5.32 Å². The molecule has 0 unspecified atom stereocenters. The standard InChI is InChI=1S/C15H13ClN2O/c1-8-6-17-7-9(2)14(8)10-3-11-5-13(19)18-15(11)12(16)4-10/h3-4,6-7H,5H2,1-2H3,(H,18,19). The van der Waals surface area contributed by atoms with E-state index in [1.54, 1.807) is 0 Å². The fourth-order valence-electron chi connectivity index (χ4n) is 2.60. The Labute approximate surface area is 116 Å². The predicted octanol–water partition coefficient (Wildman–Crippen LogP) is 3.51. The van der Waals surface area contributed by atoms with Crippen LogP contribution in [0.2, 0.25) is 5.02 Å². The summed E-state index contributed by atoms with van der Waals surface area (Å²) < 4.78 is 0. The van der Waals surface area contributed by atoms with Crippen molar-refractivity contribution in [1.29, 1.82) is 0 Å². The van der Waals surface area contributed by atoms with Gasteiger partial charge in [-0.3, -0.25) is 9.78 Å². The Hall–Kier alpha value is -1.87. The maximum Gasteiger partial charge on any atom is 0.228 e. The van der Waals surface area contributed by atoms with Crippen LogP contribution in [0.25, 0.3) is 11.1 Å². The number of nitrogens with zero attached hydrogens (tertiary/aromatic N) is 1. The van der Waals surface area contributed by atoms with Gasteiger partial charge in [-0.05, 0) is 53.8 Å². The highest BCUT2D eigenvalue weighted by Gasteiger charge is 2.22. The Morgan fingerprint density at radius 3 is 2.58 bits per heavy atom. The number of anilines is 1. The lowest BCUT2D eigenvalue weighted by atomic mass is 9.96. The molecule has 0 bridgehead atoms. The van der Waals surface area contributed by atoms with E-state index >= 15 is 0 Å². The molecule has 0 fully saturated rings. The van der Waals surface area contributed by atoms with E-state index < -0.39 is 0 Å². The lowest BCUT2D eigenvalue weighted by Gasteiger charge is -2.12. The van der Waals surface area contributed by atoms with Crippen molar-refractivity contribution in [1.82, 2.24) is 4.98 Å². The summed E-state index contributed by atoms with van der Waals surface area (Å²) in [7, 11) is 0. The molecule has 19 heavy (non-hydrogen) atoms. The van der Waals surface area contributed by atoms with Crippen molar-refractivity contribution in [2.45, 2.75) is 20.3 Å². The minimum absolute atomic E-state index is 0.00257. The van der Waals surface area contributed by atoms with Crippen LogP contribution in [0.15, 0.2) is 24.5 Å². The smallest absolute Gasteiger partial charge is 0.228 e. The average molecular weight is 273 g/mol. The molecule has 96 valence electrons. The van der Waals surface area contributed by atoms with Gasteiger partial charge in [0.15, 0.2) is 0 Å². The summed E-state index contributed by atoms with van der Waals surface area (Å²) in [5, 5.41) is 3.38. The van der Waals surface area contributed by atoms with E-state index in [-0.39, 0.29) is 5.91 Å². The number of carbonyl (C=O) groups excluding carboxylic acids is 1. The van der Waals surface area contributed by atoms with Gasteiger partial charge < -0.3 is 5.32 Å². The molecule has 2 aromatic rings. The third-order valence-electron chi connectivity index (χ3n) is 3.40. The van der Waals surface area contributed by atoms with Gasteiger partial charge in [-0.1, -0.05) is 11.6 Å². The summed E-state index contributed by atoms with van der Waals surface area (Å²) in [6.45, 7) is 4.06. The maximum atomic E-state index is 11.5. The number of hydrogen-bond acceptors (Lipinski definition) is 2. The number of hydrogen-bond donors (Lipinski definition) is 1. The zero-order valence-corrected chi connectivity index (χ0v) is 11.5. The van der Waals surface area contributed by atoms with E-state index in [1.165, 1.54) is 0 Å². The number of rotatable bonds is 1. The van der Waals surface area contributed by atoms with E-state index in [0.717, 1.165) is 33.5 Å². The van der Waals surface area contributed by atoms with Crippen molar-refractivity contribution >= 4 is 23.2 Å². The monoisotopic (exact) mass is 272 g/mol. The van der Waals surface area contributed by atoms with E-state index in [9.17, 15) is 4.79 Å². The second-order valence-electron chi connectivity index (χ2n) is 4.87. The van der Waals surface area contributed by atoms with Crippen LogP contribution in [0.4, 0.5) is 5.69 Å². The summed E-state index contributed by atoms with van der Waals surface area (Å²) in [5.41, 5.74) is 6.10. The molecule has 1 aliphatic rings. The zero-order valence-electron chi connectivity index (χ0n) is 10.7. The van der Waals surface area contributed by atoms with E-state index in [2.05, 4.69) is 10.3 Å². The first-order valence-electron chi connectivity index (χ1n) is 6.10. The summed E-state index contributed by atoms with van der Waals surface area (Å²) in [4.78, 5) is 15.6. The number of aromatic nitrogens is 1. The van der Waals surface area contributed by atoms with Crippen molar-refractivity contribution in [2.75, 3.05) is 5.32 Å². The van der Waals surface area contributed by atoms with Gasteiger partial charge in [0.05, 0.1) is 17.1 Å². The topological polar surface area (TPSA) is 42.0 Å². The van der Waals surface area contributed by atoms with Crippen LogP contribution in [0.1, 0.15) is 16.7 Å². The molecule has 0 saturated carbocycles. The average Bonchev–Trinajstić information content (AvgIpc) is 2.70. The van der Waals surface area contributed by atoms with Gasteiger partial charge in [0.25, 0.3) is 0 Å². The quantitative estimate of drug-likeness (QED) is 0.863. The Morgan fingerprint density at radius 1 is 1.21 bits per heavy atom. The number of benzene rings is 1. The van der Waals surface area contributed by atoms with Crippen LogP contribution in [0, 0.1) is 13.8 Å². The minimum Gasteiger partial charge on any atom is -0.324 e. The summed E-state index contributed by atoms with van der Waals surface area (Å²) in [5.74, 6) is -0.00257. The molecule has 1 aromatic heterocycles. The van der Waals surface area contributed by atoms with Gasteiger partial charge in [-0.15, -0.1) is 0 Å². The normalized spacial score (nSPS) is 13.3. The lowest BCUT2D eigenvalue weighted by Crippen LogP contribution is -2.03. The van der Waals surface area contributed by atoms with Gasteiger partial charge in [0.2, 0.25) is 5.91 Å². The van der Waals surface area contributed by atoms with Crippen LogP contribution in [0.5, 0.6) is 0 Å². The van der Waals surface area contributed by atoms with Crippen LogP contribution in [-0.2, 0) is 11.2 Å². The molecule has 0 spiro atoms. The molecule has 0 radical (unpaired) electrons. The number of nitrogens with one attached hydrogen (secondary N) is 1. The van der Waals surface area contributed by atoms with Crippen molar-refractivity contribution in [3.8, 4) is 11.1 Å². The van der Waals surface area contributed by atoms with Crippen molar-refractivity contribution in [3.63, 3.8) is 0 Å². The van der Waals surface area contributed by atoms with Crippen LogP contribution in [0.3, 0.4) is 0 Å². The number of amides is 1. The Balaban J connectivity index is 2.21. The molecule has 1 N–H and O–H groups in total. The highest BCUT2D eigenvalue weighted by Crippen LogP contribution is 2.37. The molecule has 3 rings (SSSR count). The van der Waals surface area contributed by atoms with E-state index in [1.807, 2.05) is 38.4 Å². The Morgan fingerprint density at radius 2 is 1.89 bits per heavy atom. The van der Waals surface area contributed by atoms with Crippen LogP contribution >= 0.6 is 11.6 Å². The third-order valence-corrected chi connectivity index (χ3v) is 3.70. The molecule has 1 aromatic carbocycles. The molecule has 0 saturated heterocycles. The summed E-state index contributed by atoms with van der Waals surface area (Å²) in [6.07, 6.45) is 4.08. The molecule has 0 aliphatic carbocycles. The number of pyridine rings is 1. The lowest BCUT2D eigenvalue weighted by molar-refractivity contribution is -0.115. The van der Waals surface area contributed by atoms with Gasteiger partial charge >= 0.3 is 0 Å². The molecule has 3 nitrogen and oxygen atoms in total. The minimum atomic E-state index is -0.00257. The fraction of sp³-hybridized carbons (Fsp3) is 0.200. The summed E-state index contributed by atoms with van der Waals surface area (Å²) >= 11 is 6.26. The van der Waals surface area contributed by atoms with Crippen molar-refractivity contribution in [3.05, 3.63) is 46.2 Å². The summed E-state index contributed by atoms with van der Waals surface area (Å²) in [6, 6.07) is 3.94. The largest absolute Gasteiger partial charge is 0.324 e. The number of fused-ring (bicyclic) bond motifs is 1. The molecule has 0 atom stereocenters. The first-order valence-corrected chi connectivity index (χ1v) is 6.48. The Kier molecular flexibility index (Phi) is 2.79. The second-order valence-corrected chi connectivity index (χ2v) is 5.27. The van der Waals surface area contributed by atoms with Gasteiger partial charge in [0, 0.05) is 12.4 Å². The van der Waals surface area contributed by atoms with E-state index in [4.69, 9.17) is 11.6 Å². The van der Waals surface area contributed by atoms with Gasteiger partial charge in [-0.25, -0.2) is 0 Å². The first-order chi connectivity index (χ1) is 9.06. The second kappa shape index (κ2) is 4.35. The number of carbonyl (C=O) groups is 1. The SMILES string of the molecule is Cc1cncc(C)c1-c1cc(Cl)c2c(c1)CC(=O)N2. The fourth-order valence-corrected chi connectivity index (χ4v) is 2.89. The van der Waals surface area contributed by atoms with Crippen molar-refractivity contribution < 1.29 is 4.79 Å². The van der Waals surface area contributed by atoms with Crippen molar-refractivity contribution in [2.24, 2.45) is 0 Å². The first kappa shape index (κ1) is 12.2. The zero-order chi connectivity index (χ0) is 13.6. The molecule has 2 heterocycles. The van der Waals surface area contributed by atoms with Gasteiger partial charge in [-0.2, -0.15) is 0 Å². The highest BCUT2D eigenvalue weighted by atomic mass is 35.5. The molecule has 4 heteroatoms. The van der Waals surface area contributed by atoms with Gasteiger partial charge in [0.1, 0.15) is 0 Å². The number of aryl methyl sites for hydroxylation is 2. The van der Waals surface area contributed by atoms with E-state index in [0.29, 0.717) is 11.4 Å². The predicted molar refractivity (Wildman–Crippen MR) is 76.5 cm³/mol. The Bertz CT molecular complexity index is 675. The molecular weight excluding hydrogens is 260 g/mol. The highest BCUT2D eigenvalue weighted by molar-refractivity contribution is 6.34. The molecule has 1 aliphatic heterocycles.